The highest BCUT2D eigenvalue weighted by Crippen LogP contribution is 2.33. The zero-order valence-electron chi connectivity index (χ0n) is 9.61. The van der Waals surface area contributed by atoms with Gasteiger partial charge < -0.3 is 9.73 Å². The predicted molar refractivity (Wildman–Crippen MR) is 60.4 cm³/mol. The van der Waals surface area contributed by atoms with Crippen LogP contribution in [0, 0.1) is 0 Å². The van der Waals surface area contributed by atoms with E-state index in [1.165, 1.54) is 32.1 Å². The first-order valence-corrected chi connectivity index (χ1v) is 6.47. The van der Waals surface area contributed by atoms with E-state index in [2.05, 4.69) is 15.5 Å². The lowest BCUT2D eigenvalue weighted by Crippen LogP contribution is -2.08. The normalized spacial score (nSPS) is 27.4. The SMILES string of the molecule is C1CCC(c2nnc(C3CCNC3)o2)CC1. The van der Waals surface area contributed by atoms with Gasteiger partial charge in [0, 0.05) is 12.5 Å². The van der Waals surface area contributed by atoms with E-state index in [9.17, 15) is 0 Å². The third-order valence-electron chi connectivity index (χ3n) is 3.82. The average molecular weight is 221 g/mol. The van der Waals surface area contributed by atoms with E-state index < -0.39 is 0 Å². The molecule has 0 spiro atoms. The summed E-state index contributed by atoms with van der Waals surface area (Å²) in [5.74, 6) is 2.72. The molecule has 1 atom stereocenters. The Morgan fingerprint density at radius 1 is 0.938 bits per heavy atom. The molecular formula is C12H19N3O. The number of hydrogen-bond acceptors (Lipinski definition) is 4. The van der Waals surface area contributed by atoms with Crippen LogP contribution in [0.4, 0.5) is 0 Å². The van der Waals surface area contributed by atoms with Crippen LogP contribution in [-0.2, 0) is 0 Å². The van der Waals surface area contributed by atoms with Gasteiger partial charge in [0.15, 0.2) is 0 Å². The van der Waals surface area contributed by atoms with Gasteiger partial charge in [-0.2, -0.15) is 0 Å². The van der Waals surface area contributed by atoms with Crippen LogP contribution in [0.2, 0.25) is 0 Å². The lowest BCUT2D eigenvalue weighted by Gasteiger charge is -2.17. The van der Waals surface area contributed by atoms with E-state index in [0.717, 1.165) is 31.3 Å². The Hall–Kier alpha value is -0.900. The first-order valence-electron chi connectivity index (χ1n) is 6.47. The number of aromatic nitrogens is 2. The van der Waals surface area contributed by atoms with Crippen molar-refractivity contribution in [2.45, 2.75) is 50.4 Å². The summed E-state index contributed by atoms with van der Waals surface area (Å²) in [4.78, 5) is 0. The van der Waals surface area contributed by atoms with Crippen LogP contribution in [0.5, 0.6) is 0 Å². The van der Waals surface area contributed by atoms with Crippen molar-refractivity contribution >= 4 is 0 Å². The second kappa shape index (κ2) is 4.53. The number of hydrogen-bond donors (Lipinski definition) is 1. The second-order valence-corrected chi connectivity index (χ2v) is 5.00. The molecule has 3 rings (SSSR count). The van der Waals surface area contributed by atoms with Gasteiger partial charge >= 0.3 is 0 Å². The van der Waals surface area contributed by atoms with Crippen LogP contribution >= 0.6 is 0 Å². The maximum Gasteiger partial charge on any atom is 0.220 e. The molecule has 1 aliphatic heterocycles. The Labute approximate surface area is 95.8 Å². The van der Waals surface area contributed by atoms with Crippen molar-refractivity contribution in [3.05, 3.63) is 11.8 Å². The molecule has 88 valence electrons. The maximum atomic E-state index is 5.84. The molecule has 0 bridgehead atoms. The fourth-order valence-corrected chi connectivity index (χ4v) is 2.79. The summed E-state index contributed by atoms with van der Waals surface area (Å²) in [5.41, 5.74) is 0. The molecule has 1 aromatic heterocycles. The van der Waals surface area contributed by atoms with Crippen LogP contribution in [0.15, 0.2) is 4.42 Å². The molecule has 1 aliphatic carbocycles. The summed E-state index contributed by atoms with van der Waals surface area (Å²) in [6.07, 6.45) is 7.58. The highest BCUT2D eigenvalue weighted by Gasteiger charge is 2.25. The summed E-state index contributed by atoms with van der Waals surface area (Å²) in [5, 5.41) is 11.8. The average Bonchev–Trinajstić information content (AvgIpc) is 3.01. The lowest BCUT2D eigenvalue weighted by molar-refractivity contribution is 0.343. The summed E-state index contributed by atoms with van der Waals surface area (Å²) >= 11 is 0. The topological polar surface area (TPSA) is 51.0 Å². The lowest BCUT2D eigenvalue weighted by atomic mass is 9.89. The molecule has 1 saturated carbocycles. The van der Waals surface area contributed by atoms with Crippen LogP contribution in [-0.4, -0.2) is 23.3 Å². The second-order valence-electron chi connectivity index (χ2n) is 5.00. The Morgan fingerprint density at radius 3 is 2.38 bits per heavy atom. The molecule has 1 unspecified atom stereocenters. The van der Waals surface area contributed by atoms with Crippen LogP contribution in [0.3, 0.4) is 0 Å². The monoisotopic (exact) mass is 221 g/mol. The molecule has 1 saturated heterocycles. The molecule has 16 heavy (non-hydrogen) atoms. The summed E-state index contributed by atoms with van der Waals surface area (Å²) in [6, 6.07) is 0. The number of rotatable bonds is 2. The third kappa shape index (κ3) is 1.98. The van der Waals surface area contributed by atoms with E-state index in [4.69, 9.17) is 4.42 Å². The zero-order chi connectivity index (χ0) is 10.8. The highest BCUT2D eigenvalue weighted by molar-refractivity contribution is 4.99. The Kier molecular flexibility index (Phi) is 2.91. The highest BCUT2D eigenvalue weighted by atomic mass is 16.4. The number of nitrogens with zero attached hydrogens (tertiary/aromatic N) is 2. The molecular weight excluding hydrogens is 202 g/mol. The van der Waals surface area contributed by atoms with Crippen molar-refractivity contribution in [1.82, 2.24) is 15.5 Å². The van der Waals surface area contributed by atoms with Gasteiger partial charge in [-0.3, -0.25) is 0 Å². The minimum atomic E-state index is 0.449. The van der Waals surface area contributed by atoms with Crippen molar-refractivity contribution in [3.63, 3.8) is 0 Å². The summed E-state index contributed by atoms with van der Waals surface area (Å²) < 4.78 is 5.84. The van der Waals surface area contributed by atoms with Crippen molar-refractivity contribution in [2.24, 2.45) is 0 Å². The first kappa shape index (κ1) is 10.3. The Morgan fingerprint density at radius 2 is 1.69 bits per heavy atom. The largest absolute Gasteiger partial charge is 0.425 e. The molecule has 2 aliphatic rings. The van der Waals surface area contributed by atoms with E-state index in [0.29, 0.717) is 11.8 Å². The Bertz CT molecular complexity index is 338. The van der Waals surface area contributed by atoms with E-state index in [1.54, 1.807) is 0 Å². The fourth-order valence-electron chi connectivity index (χ4n) is 2.79. The van der Waals surface area contributed by atoms with Gasteiger partial charge in [0.2, 0.25) is 11.8 Å². The standard InChI is InChI=1S/C12H19N3O/c1-2-4-9(5-3-1)11-14-15-12(16-11)10-6-7-13-8-10/h9-10,13H,1-8H2. The molecule has 1 N–H and O–H groups in total. The first-order chi connectivity index (χ1) is 7.93. The van der Waals surface area contributed by atoms with Crippen LogP contribution in [0.1, 0.15) is 62.1 Å². The molecule has 4 nitrogen and oxygen atoms in total. The molecule has 0 amide bonds. The van der Waals surface area contributed by atoms with Gasteiger partial charge in [-0.05, 0) is 25.8 Å². The molecule has 0 radical (unpaired) electrons. The van der Waals surface area contributed by atoms with Gasteiger partial charge in [0.25, 0.3) is 0 Å². The van der Waals surface area contributed by atoms with E-state index >= 15 is 0 Å². The van der Waals surface area contributed by atoms with Crippen molar-refractivity contribution in [2.75, 3.05) is 13.1 Å². The fraction of sp³-hybridized carbons (Fsp3) is 0.833. The van der Waals surface area contributed by atoms with Crippen molar-refractivity contribution in [1.29, 1.82) is 0 Å². The van der Waals surface area contributed by atoms with Gasteiger partial charge in [-0.25, -0.2) is 0 Å². The quantitative estimate of drug-likeness (QED) is 0.831. The molecule has 2 fully saturated rings. The maximum absolute atomic E-state index is 5.84. The van der Waals surface area contributed by atoms with Gasteiger partial charge in [0.1, 0.15) is 0 Å². The minimum absolute atomic E-state index is 0.449. The van der Waals surface area contributed by atoms with Gasteiger partial charge in [0.05, 0.1) is 5.92 Å². The molecule has 0 aromatic carbocycles. The van der Waals surface area contributed by atoms with Crippen LogP contribution in [0.25, 0.3) is 0 Å². The smallest absolute Gasteiger partial charge is 0.220 e. The van der Waals surface area contributed by atoms with Crippen molar-refractivity contribution < 1.29 is 4.42 Å². The Balaban J connectivity index is 1.71. The van der Waals surface area contributed by atoms with E-state index in [-0.39, 0.29) is 0 Å². The molecule has 4 heteroatoms. The van der Waals surface area contributed by atoms with E-state index in [1.807, 2.05) is 0 Å². The van der Waals surface area contributed by atoms with Crippen LogP contribution < -0.4 is 5.32 Å². The molecule has 2 heterocycles. The number of nitrogens with one attached hydrogen (secondary N) is 1. The van der Waals surface area contributed by atoms with Gasteiger partial charge in [-0.15, -0.1) is 10.2 Å². The zero-order valence-corrected chi connectivity index (χ0v) is 9.61. The predicted octanol–water partition coefficient (Wildman–Crippen LogP) is 2.19. The van der Waals surface area contributed by atoms with Gasteiger partial charge in [-0.1, -0.05) is 19.3 Å². The third-order valence-corrected chi connectivity index (χ3v) is 3.82. The minimum Gasteiger partial charge on any atom is -0.425 e. The van der Waals surface area contributed by atoms with Crippen molar-refractivity contribution in [3.8, 4) is 0 Å². The molecule has 1 aromatic rings. The summed E-state index contributed by atoms with van der Waals surface area (Å²) in [7, 11) is 0. The summed E-state index contributed by atoms with van der Waals surface area (Å²) in [6.45, 7) is 2.07.